The lowest BCUT2D eigenvalue weighted by Gasteiger charge is -2.11. The molecule has 8 heteroatoms. The van der Waals surface area contributed by atoms with Gasteiger partial charge >= 0.3 is 5.97 Å². The Hall–Kier alpha value is -3.13. The van der Waals surface area contributed by atoms with E-state index < -0.39 is 0 Å². The van der Waals surface area contributed by atoms with Crippen LogP contribution in [0.5, 0.6) is 0 Å². The average molecular weight is 378 g/mol. The standard InChI is InChI=1S/C19H14N4O3S/c24-16-13-8-4-5-9-14(13)23-18(22(16)12-6-2-1-3-7-12)20-21-19(23)27-15-10-11-26-17(15)25/h1-9,15H,10-11H2/t15-/m0/s1. The van der Waals surface area contributed by atoms with Crippen molar-refractivity contribution >= 4 is 34.4 Å². The maximum atomic E-state index is 13.1. The molecule has 7 nitrogen and oxygen atoms in total. The third-order valence-electron chi connectivity index (χ3n) is 4.54. The second-order valence-electron chi connectivity index (χ2n) is 6.17. The summed E-state index contributed by atoms with van der Waals surface area (Å²) in [5.41, 5.74) is 1.26. The fourth-order valence-electron chi connectivity index (χ4n) is 3.28. The summed E-state index contributed by atoms with van der Waals surface area (Å²) in [4.78, 5) is 25.0. The van der Waals surface area contributed by atoms with Crippen molar-refractivity contribution < 1.29 is 9.53 Å². The molecule has 0 spiro atoms. The smallest absolute Gasteiger partial charge is 0.319 e. The van der Waals surface area contributed by atoms with Gasteiger partial charge in [0, 0.05) is 6.42 Å². The summed E-state index contributed by atoms with van der Waals surface area (Å²) in [5, 5.41) is 9.37. The number of aromatic nitrogens is 4. The summed E-state index contributed by atoms with van der Waals surface area (Å²) < 4.78 is 8.43. The number of thioether (sulfide) groups is 1. The molecule has 0 amide bonds. The molecule has 2 aromatic heterocycles. The summed E-state index contributed by atoms with van der Waals surface area (Å²) in [7, 11) is 0. The minimum absolute atomic E-state index is 0.159. The number of para-hydroxylation sites is 2. The first-order chi connectivity index (χ1) is 13.2. The van der Waals surface area contributed by atoms with E-state index in [1.54, 1.807) is 10.6 Å². The Labute approximate surface area is 157 Å². The Bertz CT molecular complexity index is 1230. The van der Waals surface area contributed by atoms with Crippen LogP contribution < -0.4 is 5.56 Å². The minimum Gasteiger partial charge on any atom is -0.465 e. The maximum absolute atomic E-state index is 13.1. The van der Waals surface area contributed by atoms with Crippen LogP contribution in [-0.2, 0) is 9.53 Å². The number of fused-ring (bicyclic) bond motifs is 3. The van der Waals surface area contributed by atoms with Crippen LogP contribution in [0.15, 0.2) is 64.5 Å². The van der Waals surface area contributed by atoms with Crippen LogP contribution >= 0.6 is 11.8 Å². The molecule has 1 saturated heterocycles. The number of hydrogen-bond donors (Lipinski definition) is 0. The van der Waals surface area contributed by atoms with Crippen molar-refractivity contribution in [3.63, 3.8) is 0 Å². The van der Waals surface area contributed by atoms with Crippen molar-refractivity contribution in [3.8, 4) is 5.69 Å². The highest BCUT2D eigenvalue weighted by Crippen LogP contribution is 2.30. The zero-order valence-electron chi connectivity index (χ0n) is 14.1. The molecule has 134 valence electrons. The quantitative estimate of drug-likeness (QED) is 0.510. The van der Waals surface area contributed by atoms with Gasteiger partial charge in [-0.3, -0.25) is 14.0 Å². The monoisotopic (exact) mass is 378 g/mol. The van der Waals surface area contributed by atoms with Crippen molar-refractivity contribution in [2.24, 2.45) is 0 Å². The molecule has 0 bridgehead atoms. The number of carbonyl (C=O) groups is 1. The number of rotatable bonds is 3. The molecule has 0 aliphatic carbocycles. The number of hydrogen-bond acceptors (Lipinski definition) is 6. The van der Waals surface area contributed by atoms with Crippen molar-refractivity contribution in [3.05, 3.63) is 65.0 Å². The molecule has 5 rings (SSSR count). The maximum Gasteiger partial charge on any atom is 0.319 e. The molecule has 1 aliphatic heterocycles. The summed E-state index contributed by atoms with van der Waals surface area (Å²) in [6.45, 7) is 0.419. The number of nitrogens with zero attached hydrogens (tertiary/aromatic N) is 4. The highest BCUT2D eigenvalue weighted by atomic mass is 32.2. The van der Waals surface area contributed by atoms with E-state index in [-0.39, 0.29) is 16.8 Å². The minimum atomic E-state index is -0.312. The van der Waals surface area contributed by atoms with Crippen molar-refractivity contribution in [2.45, 2.75) is 16.8 Å². The zero-order valence-corrected chi connectivity index (χ0v) is 14.9. The van der Waals surface area contributed by atoms with Crippen LogP contribution in [0.3, 0.4) is 0 Å². The topological polar surface area (TPSA) is 78.5 Å². The van der Waals surface area contributed by atoms with Crippen LogP contribution in [0.4, 0.5) is 0 Å². The first-order valence-electron chi connectivity index (χ1n) is 8.51. The van der Waals surface area contributed by atoms with E-state index in [0.29, 0.717) is 40.6 Å². The summed E-state index contributed by atoms with van der Waals surface area (Å²) in [6, 6.07) is 16.7. The lowest BCUT2D eigenvalue weighted by Crippen LogP contribution is -2.22. The lowest BCUT2D eigenvalue weighted by atomic mass is 10.2. The molecule has 1 aliphatic rings. The molecule has 1 fully saturated rings. The lowest BCUT2D eigenvalue weighted by molar-refractivity contribution is -0.137. The average Bonchev–Trinajstić information content (AvgIpc) is 3.30. The molecule has 0 N–H and O–H groups in total. The van der Waals surface area contributed by atoms with Gasteiger partial charge in [-0.25, -0.2) is 4.57 Å². The van der Waals surface area contributed by atoms with Gasteiger partial charge in [0.2, 0.25) is 5.78 Å². The summed E-state index contributed by atoms with van der Waals surface area (Å²) in [5.74, 6) is 0.177. The largest absolute Gasteiger partial charge is 0.465 e. The number of carbonyl (C=O) groups excluding carboxylic acids is 1. The number of cyclic esters (lactones) is 1. The van der Waals surface area contributed by atoms with Crippen LogP contribution in [-0.4, -0.2) is 37.0 Å². The van der Waals surface area contributed by atoms with Gasteiger partial charge in [-0.05, 0) is 24.3 Å². The Balaban J connectivity index is 1.82. The molecule has 3 heterocycles. The Morgan fingerprint density at radius 3 is 2.56 bits per heavy atom. The zero-order chi connectivity index (χ0) is 18.4. The van der Waals surface area contributed by atoms with Crippen molar-refractivity contribution in [2.75, 3.05) is 6.61 Å². The van der Waals surface area contributed by atoms with E-state index in [2.05, 4.69) is 10.2 Å². The normalized spacial score (nSPS) is 16.9. The molecule has 1 atom stereocenters. The predicted octanol–water partition coefficient (Wildman–Crippen LogP) is 2.44. The molecule has 0 unspecified atom stereocenters. The molecule has 2 aromatic carbocycles. The van der Waals surface area contributed by atoms with Gasteiger partial charge in [0.05, 0.1) is 23.2 Å². The van der Waals surface area contributed by atoms with Gasteiger partial charge in [-0.15, -0.1) is 10.2 Å². The van der Waals surface area contributed by atoms with E-state index in [1.807, 2.05) is 52.9 Å². The Morgan fingerprint density at radius 2 is 1.78 bits per heavy atom. The molecule has 27 heavy (non-hydrogen) atoms. The second-order valence-corrected chi connectivity index (χ2v) is 7.34. The van der Waals surface area contributed by atoms with E-state index in [0.717, 1.165) is 0 Å². The Morgan fingerprint density at radius 1 is 1.00 bits per heavy atom. The third-order valence-corrected chi connectivity index (χ3v) is 5.73. The van der Waals surface area contributed by atoms with Gasteiger partial charge in [-0.2, -0.15) is 0 Å². The summed E-state index contributed by atoms with van der Waals surface area (Å²) in [6.07, 6.45) is 0.634. The van der Waals surface area contributed by atoms with Gasteiger partial charge in [0.15, 0.2) is 5.16 Å². The van der Waals surface area contributed by atoms with E-state index in [4.69, 9.17) is 4.74 Å². The Kier molecular flexibility index (Phi) is 3.71. The van der Waals surface area contributed by atoms with E-state index in [9.17, 15) is 9.59 Å². The fourth-order valence-corrected chi connectivity index (χ4v) is 4.28. The first-order valence-corrected chi connectivity index (χ1v) is 9.39. The van der Waals surface area contributed by atoms with E-state index in [1.165, 1.54) is 11.8 Å². The molecule has 4 aromatic rings. The number of benzene rings is 2. The van der Waals surface area contributed by atoms with Gasteiger partial charge in [0.25, 0.3) is 5.56 Å². The molecule has 0 saturated carbocycles. The highest BCUT2D eigenvalue weighted by molar-refractivity contribution is 8.00. The summed E-state index contributed by atoms with van der Waals surface area (Å²) >= 11 is 1.32. The molecular weight excluding hydrogens is 364 g/mol. The predicted molar refractivity (Wildman–Crippen MR) is 101 cm³/mol. The number of esters is 1. The van der Waals surface area contributed by atoms with Crippen molar-refractivity contribution in [1.29, 1.82) is 0 Å². The van der Waals surface area contributed by atoms with E-state index >= 15 is 0 Å². The van der Waals surface area contributed by atoms with Gasteiger partial charge in [0.1, 0.15) is 5.25 Å². The fraction of sp³-hybridized carbons (Fsp3) is 0.158. The van der Waals surface area contributed by atoms with Crippen molar-refractivity contribution in [1.82, 2.24) is 19.2 Å². The van der Waals surface area contributed by atoms with Crippen LogP contribution in [0.25, 0.3) is 22.4 Å². The third kappa shape index (κ3) is 2.52. The highest BCUT2D eigenvalue weighted by Gasteiger charge is 2.30. The second kappa shape index (κ2) is 6.24. The van der Waals surface area contributed by atoms with Crippen LogP contribution in [0, 0.1) is 0 Å². The first kappa shape index (κ1) is 16.1. The van der Waals surface area contributed by atoms with Gasteiger partial charge in [-0.1, -0.05) is 42.1 Å². The number of ether oxygens (including phenoxy) is 1. The van der Waals surface area contributed by atoms with Crippen LogP contribution in [0.2, 0.25) is 0 Å². The van der Waals surface area contributed by atoms with Crippen LogP contribution in [0.1, 0.15) is 6.42 Å². The SMILES string of the molecule is O=C1OCC[C@@H]1Sc1nnc2n(-c3ccccc3)c(=O)c3ccccc3n12. The molecular formula is C19H14N4O3S. The van der Waals surface area contributed by atoms with Gasteiger partial charge < -0.3 is 4.74 Å². The molecule has 0 radical (unpaired) electrons.